The Hall–Kier alpha value is -1.32. The zero-order chi connectivity index (χ0) is 12.4. The van der Waals surface area contributed by atoms with Crippen molar-refractivity contribution in [3.05, 3.63) is 11.4 Å². The van der Waals surface area contributed by atoms with E-state index in [9.17, 15) is 0 Å². The third-order valence-electron chi connectivity index (χ3n) is 3.34. The van der Waals surface area contributed by atoms with Crippen molar-refractivity contribution in [2.24, 2.45) is 0 Å². The quantitative estimate of drug-likeness (QED) is 0.822. The molecular weight excluding hydrogens is 212 g/mol. The Balaban J connectivity index is 2.30. The van der Waals surface area contributed by atoms with Crippen LogP contribution in [0.2, 0.25) is 0 Å². The molecule has 0 aliphatic heterocycles. The van der Waals surface area contributed by atoms with Crippen molar-refractivity contribution >= 4 is 11.6 Å². The van der Waals surface area contributed by atoms with Gasteiger partial charge in [0.15, 0.2) is 0 Å². The molecule has 4 nitrogen and oxygen atoms in total. The third kappa shape index (κ3) is 2.68. The summed E-state index contributed by atoms with van der Waals surface area (Å²) in [4.78, 5) is 9.25. The van der Waals surface area contributed by atoms with E-state index in [4.69, 9.17) is 0 Å². The topological polar surface area (TPSA) is 49.8 Å². The van der Waals surface area contributed by atoms with Gasteiger partial charge < -0.3 is 10.6 Å². The minimum absolute atomic E-state index is 0.445. The summed E-state index contributed by atoms with van der Waals surface area (Å²) in [5.41, 5.74) is 1.11. The van der Waals surface area contributed by atoms with Crippen molar-refractivity contribution in [2.45, 2.75) is 52.0 Å². The van der Waals surface area contributed by atoms with Crippen LogP contribution in [-0.2, 0) is 0 Å². The summed E-state index contributed by atoms with van der Waals surface area (Å²) in [6.45, 7) is 6.42. The largest absolute Gasteiger partial charge is 0.373 e. The van der Waals surface area contributed by atoms with Crippen molar-refractivity contribution in [3.8, 4) is 0 Å². The van der Waals surface area contributed by atoms with Gasteiger partial charge >= 0.3 is 0 Å². The molecule has 94 valence electrons. The van der Waals surface area contributed by atoms with Crippen LogP contribution in [-0.4, -0.2) is 23.1 Å². The van der Waals surface area contributed by atoms with Crippen molar-refractivity contribution in [3.63, 3.8) is 0 Å². The first kappa shape index (κ1) is 12.1. The molecule has 0 radical (unpaired) electrons. The highest BCUT2D eigenvalue weighted by Gasteiger charge is 2.28. The zero-order valence-electron chi connectivity index (χ0n) is 11.2. The fraction of sp³-hybridized carbons (Fsp3) is 0.692. The number of hydrogen-bond acceptors (Lipinski definition) is 4. The summed E-state index contributed by atoms with van der Waals surface area (Å²) in [7, 11) is 1.92. The van der Waals surface area contributed by atoms with Crippen LogP contribution in [0.15, 0.2) is 0 Å². The normalized spacial score (nSPS) is 16.7. The molecule has 4 heteroatoms. The van der Waals surface area contributed by atoms with Crippen molar-refractivity contribution < 1.29 is 0 Å². The minimum Gasteiger partial charge on any atom is -0.373 e. The van der Waals surface area contributed by atoms with Crippen LogP contribution in [0.4, 0.5) is 11.6 Å². The van der Waals surface area contributed by atoms with Gasteiger partial charge in [-0.1, -0.05) is 6.92 Å². The lowest BCUT2D eigenvalue weighted by Gasteiger charge is -2.17. The van der Waals surface area contributed by atoms with Crippen LogP contribution < -0.4 is 10.6 Å². The fourth-order valence-corrected chi connectivity index (χ4v) is 1.78. The second-order valence-corrected chi connectivity index (χ2v) is 4.88. The summed E-state index contributed by atoms with van der Waals surface area (Å²) < 4.78 is 0. The lowest BCUT2D eigenvalue weighted by Crippen LogP contribution is -2.17. The zero-order valence-corrected chi connectivity index (χ0v) is 11.2. The molecule has 2 N–H and O–H groups in total. The Labute approximate surface area is 103 Å². The van der Waals surface area contributed by atoms with Gasteiger partial charge in [0.25, 0.3) is 0 Å². The van der Waals surface area contributed by atoms with E-state index in [0.717, 1.165) is 29.4 Å². The summed E-state index contributed by atoms with van der Waals surface area (Å²) in [5, 5.41) is 6.63. The van der Waals surface area contributed by atoms with Crippen molar-refractivity contribution in [2.75, 3.05) is 17.7 Å². The molecule has 1 aromatic heterocycles. The van der Waals surface area contributed by atoms with Gasteiger partial charge in [0.05, 0.1) is 0 Å². The number of anilines is 2. The van der Waals surface area contributed by atoms with E-state index in [-0.39, 0.29) is 0 Å². The van der Waals surface area contributed by atoms with Gasteiger partial charge in [-0.05, 0) is 33.1 Å². The van der Waals surface area contributed by atoms with Gasteiger partial charge in [-0.2, -0.15) is 0 Å². The van der Waals surface area contributed by atoms with Crippen molar-refractivity contribution in [1.29, 1.82) is 0 Å². The van der Waals surface area contributed by atoms with Crippen LogP contribution in [0.5, 0.6) is 0 Å². The fourth-order valence-electron chi connectivity index (χ4n) is 1.78. The first-order valence-corrected chi connectivity index (χ1v) is 6.48. The van der Waals surface area contributed by atoms with E-state index >= 15 is 0 Å². The second-order valence-electron chi connectivity index (χ2n) is 4.88. The average Bonchev–Trinajstić information content (AvgIpc) is 3.15. The highest BCUT2D eigenvalue weighted by Crippen LogP contribution is 2.39. The predicted molar refractivity (Wildman–Crippen MR) is 71.7 cm³/mol. The molecule has 1 unspecified atom stereocenters. The van der Waals surface area contributed by atoms with Gasteiger partial charge in [0.1, 0.15) is 17.5 Å². The standard InChI is InChI=1S/C13H22N4/c1-5-8(2)15-12-9(3)11(14-4)16-13(17-12)10-6-7-10/h8,10H,5-7H2,1-4H3,(H2,14,15,16,17). The van der Waals surface area contributed by atoms with Crippen LogP contribution in [0.1, 0.15) is 50.4 Å². The van der Waals surface area contributed by atoms with Crippen LogP contribution in [0, 0.1) is 6.92 Å². The van der Waals surface area contributed by atoms with Gasteiger partial charge in [-0.15, -0.1) is 0 Å². The van der Waals surface area contributed by atoms with Gasteiger partial charge in [-0.25, -0.2) is 9.97 Å². The molecule has 1 aromatic rings. The number of rotatable bonds is 5. The first-order valence-electron chi connectivity index (χ1n) is 6.48. The number of nitrogens with one attached hydrogen (secondary N) is 2. The highest BCUT2D eigenvalue weighted by atomic mass is 15.1. The number of nitrogens with zero attached hydrogens (tertiary/aromatic N) is 2. The number of aromatic nitrogens is 2. The van der Waals surface area contributed by atoms with Crippen LogP contribution in [0.3, 0.4) is 0 Å². The van der Waals surface area contributed by atoms with E-state index in [2.05, 4.69) is 41.4 Å². The van der Waals surface area contributed by atoms with Gasteiger partial charge in [0.2, 0.25) is 0 Å². The Kier molecular flexibility index (Phi) is 3.50. The summed E-state index contributed by atoms with van der Waals surface area (Å²) in [6.07, 6.45) is 3.56. The van der Waals surface area contributed by atoms with Gasteiger partial charge in [-0.3, -0.25) is 0 Å². The molecular formula is C13H22N4. The Morgan fingerprint density at radius 1 is 1.29 bits per heavy atom. The average molecular weight is 234 g/mol. The molecule has 1 aliphatic rings. The monoisotopic (exact) mass is 234 g/mol. The Morgan fingerprint density at radius 3 is 2.47 bits per heavy atom. The maximum atomic E-state index is 4.67. The molecule has 0 bridgehead atoms. The minimum atomic E-state index is 0.445. The van der Waals surface area contributed by atoms with E-state index in [0.29, 0.717) is 12.0 Å². The molecule has 0 saturated heterocycles. The van der Waals surface area contributed by atoms with Crippen LogP contribution >= 0.6 is 0 Å². The van der Waals surface area contributed by atoms with Gasteiger partial charge in [0, 0.05) is 24.6 Å². The Bertz CT molecular complexity index is 399. The molecule has 0 aromatic carbocycles. The summed E-state index contributed by atoms with van der Waals surface area (Å²) >= 11 is 0. The summed E-state index contributed by atoms with van der Waals surface area (Å²) in [6, 6.07) is 0.445. The predicted octanol–water partition coefficient (Wildman–Crippen LogP) is 2.91. The lowest BCUT2D eigenvalue weighted by molar-refractivity contribution is 0.753. The van der Waals surface area contributed by atoms with E-state index < -0.39 is 0 Å². The molecule has 1 saturated carbocycles. The Morgan fingerprint density at radius 2 is 1.94 bits per heavy atom. The molecule has 0 amide bonds. The maximum Gasteiger partial charge on any atom is 0.136 e. The number of hydrogen-bond donors (Lipinski definition) is 2. The molecule has 1 fully saturated rings. The van der Waals surface area contributed by atoms with E-state index in [1.54, 1.807) is 0 Å². The van der Waals surface area contributed by atoms with Crippen LogP contribution in [0.25, 0.3) is 0 Å². The van der Waals surface area contributed by atoms with Crippen molar-refractivity contribution in [1.82, 2.24) is 9.97 Å². The lowest BCUT2D eigenvalue weighted by atomic mass is 10.2. The molecule has 1 heterocycles. The maximum absolute atomic E-state index is 4.67. The molecule has 1 atom stereocenters. The molecule has 2 rings (SSSR count). The van der Waals surface area contributed by atoms with E-state index in [1.807, 2.05) is 7.05 Å². The SMILES string of the molecule is CCC(C)Nc1nc(C2CC2)nc(NC)c1C. The smallest absolute Gasteiger partial charge is 0.136 e. The molecule has 1 aliphatic carbocycles. The second kappa shape index (κ2) is 4.90. The third-order valence-corrected chi connectivity index (χ3v) is 3.34. The summed E-state index contributed by atoms with van der Waals surface area (Å²) in [5.74, 6) is 3.51. The first-order chi connectivity index (χ1) is 8.15. The van der Waals surface area contributed by atoms with E-state index in [1.165, 1.54) is 12.8 Å². The highest BCUT2D eigenvalue weighted by molar-refractivity contribution is 5.57. The molecule has 17 heavy (non-hydrogen) atoms. The molecule has 0 spiro atoms.